The van der Waals surface area contributed by atoms with Gasteiger partial charge in [0.15, 0.2) is 0 Å². The summed E-state index contributed by atoms with van der Waals surface area (Å²) in [7, 11) is 0. The predicted molar refractivity (Wildman–Crippen MR) is 81.1 cm³/mol. The standard InChI is InChI=1S/C17H25NO/c1-12(2)16(5)9-7-14-15(8-10-16)19-17(6,11-18-14)13(3)4/h7-13H,1-6H3. The van der Waals surface area contributed by atoms with Gasteiger partial charge in [0.2, 0.25) is 0 Å². The zero-order valence-electron chi connectivity index (χ0n) is 12.9. The molecule has 0 aromatic rings. The molecule has 2 aliphatic rings. The summed E-state index contributed by atoms with van der Waals surface area (Å²) in [6, 6.07) is 0. The van der Waals surface area contributed by atoms with Crippen LogP contribution < -0.4 is 0 Å². The molecule has 2 rings (SSSR count). The van der Waals surface area contributed by atoms with E-state index in [0.29, 0.717) is 11.8 Å². The molecule has 0 fully saturated rings. The average molecular weight is 259 g/mol. The van der Waals surface area contributed by atoms with Gasteiger partial charge in [0.1, 0.15) is 17.1 Å². The van der Waals surface area contributed by atoms with E-state index < -0.39 is 0 Å². The zero-order valence-corrected chi connectivity index (χ0v) is 12.9. The number of allylic oxidation sites excluding steroid dienone is 4. The summed E-state index contributed by atoms with van der Waals surface area (Å²) in [5, 5.41) is 0. The Morgan fingerprint density at radius 2 is 1.63 bits per heavy atom. The minimum atomic E-state index is -0.310. The molecule has 0 radical (unpaired) electrons. The molecule has 0 N–H and O–H groups in total. The van der Waals surface area contributed by atoms with Crippen molar-refractivity contribution in [2.75, 3.05) is 0 Å². The molecule has 0 bridgehead atoms. The molecule has 104 valence electrons. The third-order valence-electron chi connectivity index (χ3n) is 4.63. The van der Waals surface area contributed by atoms with Crippen molar-refractivity contribution in [1.29, 1.82) is 0 Å². The van der Waals surface area contributed by atoms with Gasteiger partial charge in [0.05, 0.1) is 0 Å². The maximum Gasteiger partial charge on any atom is 0.146 e. The van der Waals surface area contributed by atoms with E-state index in [-0.39, 0.29) is 11.0 Å². The van der Waals surface area contributed by atoms with Crippen molar-refractivity contribution in [3.8, 4) is 0 Å². The van der Waals surface area contributed by atoms with Crippen LogP contribution in [0.1, 0.15) is 41.5 Å². The first-order chi connectivity index (χ1) is 8.77. The van der Waals surface area contributed by atoms with E-state index in [0.717, 1.165) is 11.5 Å². The minimum absolute atomic E-state index is 0.0600. The number of hydrogen-bond donors (Lipinski definition) is 0. The molecule has 1 heterocycles. The highest BCUT2D eigenvalue weighted by atomic mass is 16.5. The van der Waals surface area contributed by atoms with E-state index in [1.54, 1.807) is 0 Å². The first kappa shape index (κ1) is 14.1. The number of ether oxygens (including phenoxy) is 1. The van der Waals surface area contributed by atoms with Gasteiger partial charge < -0.3 is 4.74 Å². The lowest BCUT2D eigenvalue weighted by atomic mass is 9.79. The zero-order chi connectivity index (χ0) is 14.3. The third kappa shape index (κ3) is 2.54. The van der Waals surface area contributed by atoms with Crippen LogP contribution in [-0.2, 0) is 4.74 Å². The van der Waals surface area contributed by atoms with Crippen LogP contribution >= 0.6 is 0 Å². The normalized spacial score (nSPS) is 33.7. The second kappa shape index (κ2) is 4.66. The molecule has 19 heavy (non-hydrogen) atoms. The number of rotatable bonds is 2. The van der Waals surface area contributed by atoms with Gasteiger partial charge in [-0.3, -0.25) is 4.99 Å². The Bertz CT molecular complexity index is 481. The monoisotopic (exact) mass is 259 g/mol. The van der Waals surface area contributed by atoms with Gasteiger partial charge in [-0.1, -0.05) is 46.8 Å². The molecule has 0 saturated carbocycles. The van der Waals surface area contributed by atoms with Crippen molar-refractivity contribution in [3.63, 3.8) is 0 Å². The van der Waals surface area contributed by atoms with Crippen molar-refractivity contribution < 1.29 is 4.74 Å². The van der Waals surface area contributed by atoms with E-state index in [1.807, 2.05) is 6.21 Å². The van der Waals surface area contributed by atoms with Crippen molar-refractivity contribution in [2.24, 2.45) is 22.2 Å². The number of aliphatic imine (C=N–C) groups is 1. The van der Waals surface area contributed by atoms with Crippen molar-refractivity contribution in [1.82, 2.24) is 0 Å². The fourth-order valence-corrected chi connectivity index (χ4v) is 2.04. The Morgan fingerprint density at radius 1 is 1.00 bits per heavy atom. The van der Waals surface area contributed by atoms with Gasteiger partial charge in [0.25, 0.3) is 0 Å². The maximum atomic E-state index is 6.18. The van der Waals surface area contributed by atoms with Gasteiger partial charge in [-0.2, -0.15) is 0 Å². The highest BCUT2D eigenvalue weighted by Crippen LogP contribution is 2.37. The van der Waals surface area contributed by atoms with Crippen LogP contribution in [0.25, 0.3) is 0 Å². The van der Waals surface area contributed by atoms with E-state index in [1.165, 1.54) is 0 Å². The van der Waals surface area contributed by atoms with Crippen molar-refractivity contribution in [2.45, 2.75) is 47.1 Å². The third-order valence-corrected chi connectivity index (χ3v) is 4.63. The molecule has 2 nitrogen and oxygen atoms in total. The summed E-state index contributed by atoms with van der Waals surface area (Å²) in [6.07, 6.45) is 10.6. The van der Waals surface area contributed by atoms with E-state index in [9.17, 15) is 0 Å². The molecule has 2 atom stereocenters. The second-order valence-corrected chi connectivity index (χ2v) is 6.64. The minimum Gasteiger partial charge on any atom is -0.479 e. The Balaban J connectivity index is 2.33. The Labute approximate surface area is 117 Å². The lowest BCUT2D eigenvalue weighted by molar-refractivity contribution is 0.0454. The van der Waals surface area contributed by atoms with Crippen LogP contribution in [0.4, 0.5) is 0 Å². The smallest absolute Gasteiger partial charge is 0.146 e. The lowest BCUT2D eigenvalue weighted by Gasteiger charge is -2.34. The van der Waals surface area contributed by atoms with E-state index >= 15 is 0 Å². The maximum absolute atomic E-state index is 6.18. The lowest BCUT2D eigenvalue weighted by Crippen LogP contribution is -2.38. The van der Waals surface area contributed by atoms with Crippen molar-refractivity contribution >= 4 is 6.21 Å². The highest BCUT2D eigenvalue weighted by Gasteiger charge is 2.33. The van der Waals surface area contributed by atoms with Crippen LogP contribution in [0, 0.1) is 17.3 Å². The van der Waals surface area contributed by atoms with Crippen LogP contribution in [0.2, 0.25) is 0 Å². The molecule has 1 aliphatic heterocycles. The summed E-state index contributed by atoms with van der Waals surface area (Å²) >= 11 is 0. The molecule has 2 heteroatoms. The highest BCUT2D eigenvalue weighted by molar-refractivity contribution is 5.72. The average Bonchev–Trinajstić information content (AvgIpc) is 2.50. The van der Waals surface area contributed by atoms with Crippen LogP contribution in [0.5, 0.6) is 0 Å². The molecular weight excluding hydrogens is 234 g/mol. The Hall–Kier alpha value is -1.31. The van der Waals surface area contributed by atoms with Gasteiger partial charge in [0, 0.05) is 11.6 Å². The van der Waals surface area contributed by atoms with Gasteiger partial charge >= 0.3 is 0 Å². The Kier molecular flexibility index (Phi) is 3.46. The quantitative estimate of drug-likeness (QED) is 0.715. The molecule has 1 aliphatic carbocycles. The van der Waals surface area contributed by atoms with Crippen LogP contribution in [0.15, 0.2) is 40.8 Å². The van der Waals surface area contributed by atoms with Gasteiger partial charge in [-0.25, -0.2) is 0 Å². The van der Waals surface area contributed by atoms with E-state index in [2.05, 4.69) is 70.8 Å². The first-order valence-corrected chi connectivity index (χ1v) is 7.14. The molecule has 0 aromatic carbocycles. The predicted octanol–water partition coefficient (Wildman–Crippen LogP) is 4.50. The molecule has 0 amide bonds. The Morgan fingerprint density at radius 3 is 2.21 bits per heavy atom. The molecule has 0 spiro atoms. The molecular formula is C17H25NO. The largest absolute Gasteiger partial charge is 0.479 e. The first-order valence-electron chi connectivity index (χ1n) is 7.14. The van der Waals surface area contributed by atoms with E-state index in [4.69, 9.17) is 4.74 Å². The summed E-state index contributed by atoms with van der Waals surface area (Å²) in [5.74, 6) is 1.82. The molecule has 0 aromatic heterocycles. The summed E-state index contributed by atoms with van der Waals surface area (Å²) < 4.78 is 6.18. The number of hydrogen-bond acceptors (Lipinski definition) is 2. The SMILES string of the molecule is CC(C)C1(C)C=CC2=C(C=C1)OC(C)(C(C)C)C=N2. The van der Waals surface area contributed by atoms with Gasteiger partial charge in [-0.15, -0.1) is 0 Å². The summed E-state index contributed by atoms with van der Waals surface area (Å²) in [5.41, 5.74) is 0.679. The van der Waals surface area contributed by atoms with Crippen LogP contribution in [-0.4, -0.2) is 11.8 Å². The van der Waals surface area contributed by atoms with Crippen molar-refractivity contribution in [3.05, 3.63) is 35.8 Å². The summed E-state index contributed by atoms with van der Waals surface area (Å²) in [6.45, 7) is 13.1. The molecule has 2 unspecified atom stereocenters. The second-order valence-electron chi connectivity index (χ2n) is 6.64. The fourth-order valence-electron chi connectivity index (χ4n) is 2.04. The summed E-state index contributed by atoms with van der Waals surface area (Å²) in [4.78, 5) is 4.60. The fraction of sp³-hybridized carbons (Fsp3) is 0.588. The van der Waals surface area contributed by atoms with Crippen LogP contribution in [0.3, 0.4) is 0 Å². The molecule has 0 saturated heterocycles. The number of nitrogens with zero attached hydrogens (tertiary/aromatic N) is 1. The van der Waals surface area contributed by atoms with Gasteiger partial charge in [-0.05, 0) is 30.9 Å². The topological polar surface area (TPSA) is 21.6 Å².